The van der Waals surface area contributed by atoms with Crippen LogP contribution in [0.25, 0.3) is 11.1 Å². The first-order chi connectivity index (χ1) is 26.9. The van der Waals surface area contributed by atoms with Gasteiger partial charge in [0, 0.05) is 52.0 Å². The summed E-state index contributed by atoms with van der Waals surface area (Å²) < 4.78 is 35.4. The topological polar surface area (TPSA) is 105 Å². The van der Waals surface area contributed by atoms with E-state index in [1.54, 1.807) is 49.4 Å². The molecule has 0 unspecified atom stereocenters. The zero-order valence-corrected chi connectivity index (χ0v) is 31.2. The Labute approximate surface area is 326 Å². The average molecular weight is 751 g/mol. The number of hydrogen-bond donors (Lipinski definition) is 0. The van der Waals surface area contributed by atoms with E-state index in [2.05, 4.69) is 50.0 Å². The van der Waals surface area contributed by atoms with Gasteiger partial charge in [-0.3, -0.25) is 4.39 Å². The first kappa shape index (κ1) is 41.5. The normalized spacial score (nSPS) is 9.98. The molecule has 0 aliphatic heterocycles. The lowest BCUT2D eigenvalue weighted by Gasteiger charge is -2.17. The first-order valence-electron chi connectivity index (χ1n) is 17.4. The van der Waals surface area contributed by atoms with Crippen molar-refractivity contribution in [2.75, 3.05) is 13.3 Å². The molecule has 282 valence electrons. The lowest BCUT2D eigenvalue weighted by atomic mass is 9.92. The fourth-order valence-corrected chi connectivity index (χ4v) is 5.02. The molecule has 0 bridgehead atoms. The van der Waals surface area contributed by atoms with E-state index in [9.17, 15) is 23.6 Å². The van der Waals surface area contributed by atoms with E-state index < -0.39 is 30.6 Å². The number of carbonyl (C=O) groups excluding carboxylic acids is 4. The molecule has 0 atom stereocenters. The minimum Gasteiger partial charge on any atom is -0.462 e. The fraction of sp³-hybridized carbons (Fsp3) is 0.149. The van der Waals surface area contributed by atoms with Crippen molar-refractivity contribution >= 4 is 23.9 Å². The standard InChI is InChI=1S/C47H39FO8/c1-7-43(49)54-39-24-20-36(21-25-39)35-17-11-33(12-18-35)13-19-37-30-38(27-29-53-46(51)31(3)4)42(45(56-44(50)8-2)41(37)10-9-28-48)26-16-34-14-22-40(23-15-34)55-47(52)32(5)6/h7-8,11-12,14-15,17-18,20-25,30H,1-3,5,9-10,27-29H2,4,6H3. The van der Waals surface area contributed by atoms with Crippen molar-refractivity contribution in [3.05, 3.63) is 162 Å². The first-order valence-corrected chi connectivity index (χ1v) is 17.4. The van der Waals surface area contributed by atoms with Crippen LogP contribution in [0.4, 0.5) is 4.39 Å². The monoisotopic (exact) mass is 750 g/mol. The number of ether oxygens (including phenoxy) is 4. The molecule has 0 fully saturated rings. The summed E-state index contributed by atoms with van der Waals surface area (Å²) in [6.07, 6.45) is 2.54. The van der Waals surface area contributed by atoms with Gasteiger partial charge in [0.2, 0.25) is 0 Å². The summed E-state index contributed by atoms with van der Waals surface area (Å²) in [5, 5.41) is 0. The second-order valence-electron chi connectivity index (χ2n) is 12.3. The van der Waals surface area contributed by atoms with Gasteiger partial charge in [0.1, 0.15) is 11.5 Å². The van der Waals surface area contributed by atoms with Crippen molar-refractivity contribution in [2.45, 2.75) is 33.1 Å². The van der Waals surface area contributed by atoms with Crippen molar-refractivity contribution in [2.24, 2.45) is 0 Å². The highest BCUT2D eigenvalue weighted by Gasteiger charge is 2.21. The number of halogens is 1. The SMILES string of the molecule is C=CC(=O)Oc1ccc(-c2ccc(C#Cc3cc(CCOC(=O)C(=C)C)c(C#Cc4ccc(OC(=O)C(=C)C)cc4)c(OC(=O)C=C)c3CCCF)cc2)cc1. The third-order valence-corrected chi connectivity index (χ3v) is 7.89. The predicted molar refractivity (Wildman–Crippen MR) is 213 cm³/mol. The third-order valence-electron chi connectivity index (χ3n) is 7.89. The second-order valence-corrected chi connectivity index (χ2v) is 12.3. The molecule has 9 heteroatoms. The molecule has 4 rings (SSSR count). The van der Waals surface area contributed by atoms with Gasteiger partial charge in [0.15, 0.2) is 5.75 Å². The van der Waals surface area contributed by atoms with Gasteiger partial charge in [0.25, 0.3) is 0 Å². The van der Waals surface area contributed by atoms with E-state index in [1.165, 1.54) is 6.92 Å². The number of rotatable bonds is 14. The van der Waals surface area contributed by atoms with Crippen LogP contribution in [-0.2, 0) is 36.8 Å². The summed E-state index contributed by atoms with van der Waals surface area (Å²) in [7, 11) is 0. The van der Waals surface area contributed by atoms with E-state index in [4.69, 9.17) is 18.9 Å². The third kappa shape index (κ3) is 11.9. The summed E-state index contributed by atoms with van der Waals surface area (Å²) in [6, 6.07) is 22.8. The van der Waals surface area contributed by atoms with Gasteiger partial charge in [-0.1, -0.05) is 74.3 Å². The van der Waals surface area contributed by atoms with Crippen LogP contribution in [0.3, 0.4) is 0 Å². The smallest absolute Gasteiger partial charge is 0.338 e. The Morgan fingerprint density at radius 3 is 1.75 bits per heavy atom. The number of carbonyl (C=O) groups is 4. The highest BCUT2D eigenvalue weighted by atomic mass is 19.1. The Morgan fingerprint density at radius 2 is 1.18 bits per heavy atom. The van der Waals surface area contributed by atoms with Gasteiger partial charge in [-0.05, 0) is 98.0 Å². The molecular weight excluding hydrogens is 712 g/mol. The lowest BCUT2D eigenvalue weighted by Crippen LogP contribution is -2.13. The maximum Gasteiger partial charge on any atom is 0.338 e. The number of esters is 4. The molecule has 0 spiro atoms. The van der Waals surface area contributed by atoms with Crippen LogP contribution < -0.4 is 14.2 Å². The van der Waals surface area contributed by atoms with Crippen LogP contribution in [0.1, 0.15) is 53.6 Å². The van der Waals surface area contributed by atoms with Crippen molar-refractivity contribution in [3.63, 3.8) is 0 Å². The molecule has 4 aromatic rings. The molecule has 56 heavy (non-hydrogen) atoms. The maximum atomic E-state index is 13.7. The Morgan fingerprint density at radius 1 is 0.661 bits per heavy atom. The molecule has 0 aliphatic carbocycles. The Kier molecular flexibility index (Phi) is 15.0. The molecule has 0 saturated carbocycles. The van der Waals surface area contributed by atoms with E-state index in [-0.39, 0.29) is 42.8 Å². The average Bonchev–Trinajstić information content (AvgIpc) is 3.20. The second kappa shape index (κ2) is 20.3. The van der Waals surface area contributed by atoms with Crippen LogP contribution >= 0.6 is 0 Å². The molecule has 0 N–H and O–H groups in total. The quantitative estimate of drug-likeness (QED) is 0.0548. The number of alkyl halides is 1. The minimum absolute atomic E-state index is 0.0478. The summed E-state index contributed by atoms with van der Waals surface area (Å²) >= 11 is 0. The Bertz CT molecular complexity index is 2290. The molecular formula is C47H39FO8. The Hall–Kier alpha value is -7.23. The summed E-state index contributed by atoms with van der Waals surface area (Å²) in [5.74, 6) is 10.9. The molecule has 0 aliphatic rings. The highest BCUT2D eigenvalue weighted by molar-refractivity contribution is 5.89. The van der Waals surface area contributed by atoms with Gasteiger partial charge < -0.3 is 18.9 Å². The van der Waals surface area contributed by atoms with Gasteiger partial charge in [0.05, 0.1) is 18.8 Å². The van der Waals surface area contributed by atoms with Gasteiger partial charge in [-0.2, -0.15) is 0 Å². The molecule has 0 amide bonds. The summed E-state index contributed by atoms with van der Waals surface area (Å²) in [6.45, 7) is 16.6. The van der Waals surface area contributed by atoms with Crippen LogP contribution in [0.15, 0.2) is 128 Å². The van der Waals surface area contributed by atoms with Crippen molar-refractivity contribution < 1.29 is 42.5 Å². The highest BCUT2D eigenvalue weighted by Crippen LogP contribution is 2.33. The summed E-state index contributed by atoms with van der Waals surface area (Å²) in [5.41, 5.74) is 5.29. The van der Waals surface area contributed by atoms with Crippen LogP contribution in [0.5, 0.6) is 17.2 Å². The summed E-state index contributed by atoms with van der Waals surface area (Å²) in [4.78, 5) is 48.5. The molecule has 0 aromatic heterocycles. The molecule has 8 nitrogen and oxygen atoms in total. The van der Waals surface area contributed by atoms with Crippen LogP contribution in [0.2, 0.25) is 0 Å². The minimum atomic E-state index is -0.759. The fourth-order valence-electron chi connectivity index (χ4n) is 5.02. The van der Waals surface area contributed by atoms with Crippen molar-refractivity contribution in [3.8, 4) is 52.1 Å². The van der Waals surface area contributed by atoms with Crippen LogP contribution in [0, 0.1) is 23.7 Å². The molecule has 0 heterocycles. The zero-order valence-electron chi connectivity index (χ0n) is 31.2. The van der Waals surface area contributed by atoms with Gasteiger partial charge in [-0.25, -0.2) is 19.2 Å². The van der Waals surface area contributed by atoms with Crippen molar-refractivity contribution in [1.29, 1.82) is 0 Å². The van der Waals surface area contributed by atoms with Crippen molar-refractivity contribution in [1.82, 2.24) is 0 Å². The van der Waals surface area contributed by atoms with E-state index in [0.29, 0.717) is 44.9 Å². The molecule has 4 aromatic carbocycles. The number of benzene rings is 4. The zero-order chi connectivity index (χ0) is 40.6. The Balaban J connectivity index is 1.79. The number of hydrogen-bond acceptors (Lipinski definition) is 8. The molecule has 0 radical (unpaired) electrons. The van der Waals surface area contributed by atoms with E-state index in [0.717, 1.165) is 23.3 Å². The molecule has 0 saturated heterocycles. The van der Waals surface area contributed by atoms with Gasteiger partial charge >= 0.3 is 23.9 Å². The van der Waals surface area contributed by atoms with Crippen LogP contribution in [-0.4, -0.2) is 37.2 Å². The predicted octanol–water partition coefficient (Wildman–Crippen LogP) is 8.38. The van der Waals surface area contributed by atoms with E-state index >= 15 is 0 Å². The lowest BCUT2D eigenvalue weighted by molar-refractivity contribution is -0.139. The maximum absolute atomic E-state index is 13.7. The van der Waals surface area contributed by atoms with Gasteiger partial charge in [-0.15, -0.1) is 0 Å². The largest absolute Gasteiger partial charge is 0.462 e. The van der Waals surface area contributed by atoms with E-state index in [1.807, 2.05) is 36.4 Å².